The molecule has 5 aromatic rings. The molecule has 0 radical (unpaired) electrons. The van der Waals surface area contributed by atoms with Crippen LogP contribution in [0.15, 0.2) is 140 Å². The summed E-state index contributed by atoms with van der Waals surface area (Å²) in [5.74, 6) is 1.25. The minimum absolute atomic E-state index is 0.266. The van der Waals surface area contributed by atoms with Gasteiger partial charge in [0.2, 0.25) is 0 Å². The first kappa shape index (κ1) is 28.1. The number of hydrogen-bond donors (Lipinski definition) is 0. The van der Waals surface area contributed by atoms with Gasteiger partial charge >= 0.3 is 223 Å². The molecule has 0 bridgehead atoms. The van der Waals surface area contributed by atoms with E-state index in [0.29, 0.717) is 19.0 Å². The SMILES string of the molecule is Fc1ccc(OCCCOc2cccc(CCP(Br)(c3ccccc3)(c3ccccc3)c3ccccc3)c2)cc1. The molecule has 0 aromatic heterocycles. The molecule has 0 amide bonds. The van der Waals surface area contributed by atoms with E-state index in [4.69, 9.17) is 9.47 Å². The van der Waals surface area contributed by atoms with Crippen LogP contribution in [0.25, 0.3) is 0 Å². The normalized spacial score (nSPS) is 12.3. The van der Waals surface area contributed by atoms with Gasteiger partial charge in [0, 0.05) is 0 Å². The summed E-state index contributed by atoms with van der Waals surface area (Å²) in [5.41, 5.74) is 1.23. The van der Waals surface area contributed by atoms with Crippen molar-refractivity contribution >= 4 is 36.7 Å². The molecule has 0 spiro atoms. The van der Waals surface area contributed by atoms with E-state index in [-0.39, 0.29) is 5.82 Å². The average molecular weight is 616 g/mol. The fourth-order valence-corrected chi connectivity index (χ4v) is 12.5. The van der Waals surface area contributed by atoms with E-state index in [2.05, 4.69) is 125 Å². The molecule has 0 aliphatic heterocycles. The molecule has 5 heteroatoms. The Labute approximate surface area is 244 Å². The molecule has 5 aromatic carbocycles. The van der Waals surface area contributed by atoms with Gasteiger partial charge in [0.25, 0.3) is 0 Å². The Morgan fingerprint density at radius 3 is 1.57 bits per heavy atom. The number of aryl methyl sites for hydroxylation is 1. The van der Waals surface area contributed by atoms with E-state index < -0.39 is 5.31 Å². The predicted octanol–water partition coefficient (Wildman–Crippen LogP) is 8.06. The van der Waals surface area contributed by atoms with Gasteiger partial charge in [-0.05, 0) is 12.1 Å². The molecule has 0 saturated carbocycles. The van der Waals surface area contributed by atoms with Gasteiger partial charge in [-0.15, -0.1) is 0 Å². The summed E-state index contributed by atoms with van der Waals surface area (Å²) in [6.45, 7) is 1.05. The van der Waals surface area contributed by atoms with E-state index in [1.807, 2.05) is 6.07 Å². The van der Waals surface area contributed by atoms with Crippen molar-refractivity contribution < 1.29 is 13.9 Å². The second-order valence-corrected chi connectivity index (χ2v) is 18.9. The monoisotopic (exact) mass is 614 g/mol. The van der Waals surface area contributed by atoms with Crippen molar-refractivity contribution in [3.05, 3.63) is 151 Å². The summed E-state index contributed by atoms with van der Waals surface area (Å²) in [6, 6.07) is 47.1. The zero-order valence-electron chi connectivity index (χ0n) is 22.3. The molecule has 0 atom stereocenters. The Morgan fingerprint density at radius 1 is 0.550 bits per heavy atom. The molecule has 0 aliphatic rings. The number of hydrogen-bond acceptors (Lipinski definition) is 2. The smallest absolute Gasteiger partial charge is 0.0226 e. The van der Waals surface area contributed by atoms with Crippen LogP contribution in [0.4, 0.5) is 4.39 Å². The molecule has 40 heavy (non-hydrogen) atoms. The van der Waals surface area contributed by atoms with Gasteiger partial charge in [-0.2, -0.15) is 0 Å². The van der Waals surface area contributed by atoms with Crippen molar-refractivity contribution in [2.24, 2.45) is 0 Å². The van der Waals surface area contributed by atoms with Crippen LogP contribution in [0.2, 0.25) is 0 Å². The Hall–Kier alpha value is -3.46. The van der Waals surface area contributed by atoms with E-state index in [9.17, 15) is 4.39 Å². The van der Waals surface area contributed by atoms with Gasteiger partial charge in [0.05, 0.1) is 0 Å². The Bertz CT molecular complexity index is 1400. The van der Waals surface area contributed by atoms with Crippen LogP contribution in [0, 0.1) is 5.82 Å². The second-order valence-electron chi connectivity index (χ2n) is 9.81. The first-order valence-electron chi connectivity index (χ1n) is 13.6. The molecule has 0 N–H and O–H groups in total. The molecule has 5 rings (SSSR count). The minimum Gasteiger partial charge on any atom is -0.0226 e. The minimum atomic E-state index is -2.98. The first-order chi connectivity index (χ1) is 19.6. The average Bonchev–Trinajstić information content (AvgIpc) is 3.02. The summed E-state index contributed by atoms with van der Waals surface area (Å²) < 4.78 is 24.8. The molecule has 0 saturated heterocycles. The zero-order chi connectivity index (χ0) is 27.7. The van der Waals surface area contributed by atoms with Gasteiger partial charge in [0.1, 0.15) is 5.82 Å². The molecule has 0 heterocycles. The maximum atomic E-state index is 13.1. The summed E-state index contributed by atoms with van der Waals surface area (Å²) in [5, 5.41) is 0.974. The van der Waals surface area contributed by atoms with Gasteiger partial charge in [-0.1, -0.05) is 0 Å². The van der Waals surface area contributed by atoms with Crippen molar-refractivity contribution in [2.45, 2.75) is 12.8 Å². The number of benzene rings is 5. The second kappa shape index (κ2) is 12.8. The predicted molar refractivity (Wildman–Crippen MR) is 171 cm³/mol. The van der Waals surface area contributed by atoms with Crippen LogP contribution >= 0.6 is 20.8 Å². The molecule has 204 valence electrons. The van der Waals surface area contributed by atoms with Crippen molar-refractivity contribution in [3.8, 4) is 11.5 Å². The third-order valence-corrected chi connectivity index (χ3v) is 17.2. The summed E-state index contributed by atoms with van der Waals surface area (Å²) in [7, 11) is 0. The quantitative estimate of drug-likeness (QED) is 0.105. The van der Waals surface area contributed by atoms with Gasteiger partial charge in [-0.3, -0.25) is 0 Å². The number of halogens is 2. The van der Waals surface area contributed by atoms with Gasteiger partial charge < -0.3 is 0 Å². The third kappa shape index (κ3) is 6.14. The first-order valence-corrected chi connectivity index (χ1v) is 18.0. The van der Waals surface area contributed by atoms with Crippen LogP contribution in [0.3, 0.4) is 0 Å². The van der Waals surface area contributed by atoms with Crippen LogP contribution < -0.4 is 25.4 Å². The maximum absolute atomic E-state index is 13.1. The van der Waals surface area contributed by atoms with E-state index in [0.717, 1.165) is 24.8 Å². The van der Waals surface area contributed by atoms with Crippen molar-refractivity contribution in [1.29, 1.82) is 0 Å². The summed E-state index contributed by atoms with van der Waals surface area (Å²) in [4.78, 5) is 0. The summed E-state index contributed by atoms with van der Waals surface area (Å²) >= 11 is 4.54. The molecule has 0 aliphatic carbocycles. The topological polar surface area (TPSA) is 18.5 Å². The Balaban J connectivity index is 1.34. The van der Waals surface area contributed by atoms with Gasteiger partial charge in [0.15, 0.2) is 0 Å². The van der Waals surface area contributed by atoms with Crippen LogP contribution in [0.5, 0.6) is 11.5 Å². The molecular formula is C35H33BrFO2P. The Morgan fingerprint density at radius 2 is 1.05 bits per heavy atom. The third-order valence-electron chi connectivity index (χ3n) is 7.24. The van der Waals surface area contributed by atoms with Crippen LogP contribution in [-0.4, -0.2) is 19.4 Å². The van der Waals surface area contributed by atoms with Crippen LogP contribution in [0.1, 0.15) is 12.0 Å². The van der Waals surface area contributed by atoms with Crippen molar-refractivity contribution in [2.75, 3.05) is 19.4 Å². The number of rotatable bonds is 12. The zero-order valence-corrected chi connectivity index (χ0v) is 24.8. The van der Waals surface area contributed by atoms with Gasteiger partial charge in [-0.25, -0.2) is 4.39 Å². The van der Waals surface area contributed by atoms with E-state index in [1.54, 1.807) is 12.1 Å². The number of ether oxygens (including phenoxy) is 2. The fraction of sp³-hybridized carbons (Fsp3) is 0.143. The molecule has 2 nitrogen and oxygen atoms in total. The Kier molecular flexibility index (Phi) is 8.99. The van der Waals surface area contributed by atoms with E-state index in [1.165, 1.54) is 33.6 Å². The van der Waals surface area contributed by atoms with Crippen molar-refractivity contribution in [3.63, 3.8) is 0 Å². The summed E-state index contributed by atoms with van der Waals surface area (Å²) in [6.07, 6.45) is 2.54. The van der Waals surface area contributed by atoms with E-state index >= 15 is 0 Å². The standard InChI is InChI=1S/C35H33BrFO2P/c36-40(33-14-4-1-5-15-33,34-16-6-2-7-17-34,35-18-8-3-9-19-35)27-24-29-12-10-13-32(28-29)39-26-11-25-38-31-22-20-30(37)21-23-31/h1-10,12-23,28H,11,24-27H2. The molecule has 0 unspecified atom stereocenters. The molecular weight excluding hydrogens is 582 g/mol. The van der Waals surface area contributed by atoms with Crippen molar-refractivity contribution in [1.82, 2.24) is 0 Å². The fourth-order valence-electron chi connectivity index (χ4n) is 5.15. The molecule has 0 fully saturated rings. The van der Waals surface area contributed by atoms with Crippen LogP contribution in [-0.2, 0) is 6.42 Å².